The summed E-state index contributed by atoms with van der Waals surface area (Å²) in [5.74, 6) is 1.60. The van der Waals surface area contributed by atoms with E-state index in [0.29, 0.717) is 73.6 Å². The van der Waals surface area contributed by atoms with Crippen LogP contribution < -0.4 is 29.6 Å². The van der Waals surface area contributed by atoms with E-state index in [2.05, 4.69) is 20.6 Å². The summed E-state index contributed by atoms with van der Waals surface area (Å²) >= 11 is 0. The van der Waals surface area contributed by atoms with E-state index in [-0.39, 0.29) is 11.9 Å². The van der Waals surface area contributed by atoms with Crippen molar-refractivity contribution in [3.63, 3.8) is 0 Å². The zero-order valence-electron chi connectivity index (χ0n) is 20.2. The molecule has 186 valence electrons. The topological polar surface area (TPSA) is 119 Å². The number of anilines is 1. The monoisotopic (exact) mass is 476 g/mol. The SMILES string of the molecule is COc1cc(NC(=O)NCCN2CCN(C(=O)c3cn(C)nc3OC)CC2)cc(OC)c1OC. The number of hydrogen-bond acceptors (Lipinski definition) is 8. The van der Waals surface area contributed by atoms with Crippen molar-refractivity contribution in [2.24, 2.45) is 7.05 Å². The summed E-state index contributed by atoms with van der Waals surface area (Å²) in [4.78, 5) is 29.1. The Labute approximate surface area is 198 Å². The van der Waals surface area contributed by atoms with Gasteiger partial charge in [0.05, 0.1) is 34.1 Å². The van der Waals surface area contributed by atoms with Crippen LogP contribution in [0, 0.1) is 0 Å². The van der Waals surface area contributed by atoms with Crippen LogP contribution >= 0.6 is 0 Å². The molecule has 0 spiro atoms. The minimum atomic E-state index is -0.341. The second-order valence-electron chi connectivity index (χ2n) is 7.65. The van der Waals surface area contributed by atoms with Gasteiger partial charge in [0.2, 0.25) is 11.6 Å². The summed E-state index contributed by atoms with van der Waals surface area (Å²) in [6, 6.07) is 2.98. The minimum Gasteiger partial charge on any atom is -0.493 e. The van der Waals surface area contributed by atoms with Gasteiger partial charge in [-0.3, -0.25) is 14.4 Å². The third-order valence-corrected chi connectivity index (χ3v) is 5.51. The number of aromatic nitrogens is 2. The fourth-order valence-corrected chi connectivity index (χ4v) is 3.77. The molecule has 2 aromatic rings. The zero-order valence-corrected chi connectivity index (χ0v) is 20.2. The van der Waals surface area contributed by atoms with Crippen molar-refractivity contribution in [3.8, 4) is 23.1 Å². The van der Waals surface area contributed by atoms with E-state index in [0.717, 1.165) is 0 Å². The number of piperazine rings is 1. The first-order valence-corrected chi connectivity index (χ1v) is 10.8. The average molecular weight is 477 g/mol. The molecule has 0 atom stereocenters. The Morgan fingerprint density at radius 2 is 1.62 bits per heavy atom. The van der Waals surface area contributed by atoms with Crippen molar-refractivity contribution in [2.75, 3.05) is 73.0 Å². The van der Waals surface area contributed by atoms with Gasteiger partial charge in [0.1, 0.15) is 5.56 Å². The van der Waals surface area contributed by atoms with Crippen LogP contribution in [0.25, 0.3) is 0 Å². The normalized spacial score (nSPS) is 13.9. The third kappa shape index (κ3) is 5.81. The van der Waals surface area contributed by atoms with Gasteiger partial charge < -0.3 is 34.5 Å². The summed E-state index contributed by atoms with van der Waals surface area (Å²) in [6.07, 6.45) is 1.67. The molecule has 12 heteroatoms. The first-order chi connectivity index (χ1) is 16.4. The molecule has 12 nitrogen and oxygen atoms in total. The summed E-state index contributed by atoms with van der Waals surface area (Å²) in [5, 5.41) is 9.77. The van der Waals surface area contributed by atoms with E-state index >= 15 is 0 Å². The highest BCUT2D eigenvalue weighted by Crippen LogP contribution is 2.39. The van der Waals surface area contributed by atoms with Gasteiger partial charge in [0.15, 0.2) is 11.5 Å². The number of nitrogens with zero attached hydrogens (tertiary/aromatic N) is 4. The van der Waals surface area contributed by atoms with Crippen LogP contribution in [-0.2, 0) is 7.05 Å². The first kappa shape index (κ1) is 25.0. The largest absolute Gasteiger partial charge is 0.493 e. The van der Waals surface area contributed by atoms with Crippen molar-refractivity contribution < 1.29 is 28.5 Å². The highest BCUT2D eigenvalue weighted by molar-refractivity contribution is 5.96. The Bertz CT molecular complexity index is 977. The Kier molecular flexibility index (Phi) is 8.41. The molecule has 3 amide bonds. The number of hydrogen-bond donors (Lipinski definition) is 2. The number of carbonyl (C=O) groups is 2. The lowest BCUT2D eigenvalue weighted by atomic mass is 10.2. The number of rotatable bonds is 9. The van der Waals surface area contributed by atoms with Gasteiger partial charge in [-0.1, -0.05) is 0 Å². The van der Waals surface area contributed by atoms with Crippen molar-refractivity contribution >= 4 is 17.6 Å². The summed E-state index contributed by atoms with van der Waals surface area (Å²) in [5.41, 5.74) is 0.980. The predicted octanol–water partition coefficient (Wildman–Crippen LogP) is 1.03. The highest BCUT2D eigenvalue weighted by atomic mass is 16.5. The lowest BCUT2D eigenvalue weighted by Gasteiger charge is -2.34. The number of aryl methyl sites for hydroxylation is 1. The number of carbonyl (C=O) groups excluding carboxylic acids is 2. The molecule has 0 saturated carbocycles. The highest BCUT2D eigenvalue weighted by Gasteiger charge is 2.26. The van der Waals surface area contributed by atoms with Gasteiger partial charge in [0.25, 0.3) is 5.91 Å². The van der Waals surface area contributed by atoms with Gasteiger partial charge in [-0.2, -0.15) is 0 Å². The molecule has 0 aliphatic carbocycles. The van der Waals surface area contributed by atoms with Gasteiger partial charge in [-0.25, -0.2) is 4.79 Å². The van der Waals surface area contributed by atoms with E-state index in [1.807, 2.05) is 0 Å². The summed E-state index contributed by atoms with van der Waals surface area (Å²) in [7, 11) is 7.80. The summed E-state index contributed by atoms with van der Waals surface area (Å²) in [6.45, 7) is 3.74. The molecule has 34 heavy (non-hydrogen) atoms. The van der Waals surface area contributed by atoms with Crippen LogP contribution in [0.2, 0.25) is 0 Å². The minimum absolute atomic E-state index is 0.0903. The number of ether oxygens (including phenoxy) is 4. The van der Waals surface area contributed by atoms with Crippen LogP contribution in [0.1, 0.15) is 10.4 Å². The van der Waals surface area contributed by atoms with Gasteiger partial charge in [-0.05, 0) is 0 Å². The first-order valence-electron chi connectivity index (χ1n) is 10.8. The second kappa shape index (κ2) is 11.5. The smallest absolute Gasteiger partial charge is 0.319 e. The van der Waals surface area contributed by atoms with Crippen LogP contribution in [0.3, 0.4) is 0 Å². The molecule has 1 fully saturated rings. The zero-order chi connectivity index (χ0) is 24.7. The quantitative estimate of drug-likeness (QED) is 0.551. The van der Waals surface area contributed by atoms with Crippen molar-refractivity contribution in [3.05, 3.63) is 23.9 Å². The Hall–Kier alpha value is -3.67. The fraction of sp³-hybridized carbons (Fsp3) is 0.500. The van der Waals surface area contributed by atoms with Crippen LogP contribution in [-0.4, -0.2) is 99.2 Å². The molecular formula is C22H32N6O6. The van der Waals surface area contributed by atoms with Crippen LogP contribution in [0.5, 0.6) is 23.1 Å². The number of methoxy groups -OCH3 is 4. The fourth-order valence-electron chi connectivity index (χ4n) is 3.77. The maximum Gasteiger partial charge on any atom is 0.319 e. The third-order valence-electron chi connectivity index (χ3n) is 5.51. The maximum absolute atomic E-state index is 12.8. The Balaban J connectivity index is 1.44. The molecule has 2 heterocycles. The van der Waals surface area contributed by atoms with Crippen LogP contribution in [0.15, 0.2) is 18.3 Å². The number of amides is 3. The van der Waals surface area contributed by atoms with Gasteiger partial charge in [0, 0.05) is 64.6 Å². The molecule has 1 saturated heterocycles. The number of nitrogens with one attached hydrogen (secondary N) is 2. The van der Waals surface area contributed by atoms with Crippen molar-refractivity contribution in [2.45, 2.75) is 0 Å². The predicted molar refractivity (Wildman–Crippen MR) is 125 cm³/mol. The van der Waals surface area contributed by atoms with Crippen molar-refractivity contribution in [1.29, 1.82) is 0 Å². The molecule has 2 N–H and O–H groups in total. The number of benzene rings is 1. The molecule has 1 aromatic carbocycles. The van der Waals surface area contributed by atoms with Gasteiger partial charge in [-0.15, -0.1) is 5.10 Å². The summed E-state index contributed by atoms with van der Waals surface area (Å²) < 4.78 is 22.7. The maximum atomic E-state index is 12.8. The molecule has 3 rings (SSSR count). The molecule has 0 radical (unpaired) electrons. The van der Waals surface area contributed by atoms with E-state index in [9.17, 15) is 9.59 Å². The van der Waals surface area contributed by atoms with Crippen molar-refractivity contribution in [1.82, 2.24) is 24.9 Å². The van der Waals surface area contributed by atoms with Crippen LogP contribution in [0.4, 0.5) is 10.5 Å². The molecular weight excluding hydrogens is 444 g/mol. The average Bonchev–Trinajstić information content (AvgIpc) is 3.23. The van der Waals surface area contributed by atoms with Gasteiger partial charge >= 0.3 is 6.03 Å². The Morgan fingerprint density at radius 1 is 0.971 bits per heavy atom. The lowest BCUT2D eigenvalue weighted by molar-refractivity contribution is 0.0636. The number of urea groups is 1. The molecule has 0 unspecified atom stereocenters. The molecule has 1 aliphatic rings. The van der Waals surface area contributed by atoms with E-state index in [1.165, 1.54) is 28.4 Å². The lowest BCUT2D eigenvalue weighted by Crippen LogP contribution is -2.50. The standard InChI is InChI=1S/C22H32N6O6/c1-26-14-16(20(25-26)34-5)21(29)28-10-8-27(9-11-28)7-6-23-22(30)24-15-12-17(31-2)19(33-4)18(13-15)32-3/h12-14H,6-11H2,1-5H3,(H2,23,24,30). The van der Waals surface area contributed by atoms with E-state index in [4.69, 9.17) is 18.9 Å². The van der Waals surface area contributed by atoms with E-state index < -0.39 is 0 Å². The molecule has 0 bridgehead atoms. The molecule has 1 aliphatic heterocycles. The molecule has 1 aromatic heterocycles. The second-order valence-corrected chi connectivity index (χ2v) is 7.65. The van der Waals surface area contributed by atoms with E-state index in [1.54, 1.807) is 35.0 Å². The Morgan fingerprint density at radius 3 is 2.18 bits per heavy atom.